The lowest BCUT2D eigenvalue weighted by molar-refractivity contribution is 0.351. The van der Waals surface area contributed by atoms with E-state index in [0.717, 1.165) is 18.4 Å². The minimum atomic E-state index is 0.816. The van der Waals surface area contributed by atoms with Gasteiger partial charge in [-0.25, -0.2) is 0 Å². The van der Waals surface area contributed by atoms with Crippen LogP contribution in [0.25, 0.3) is 0 Å². The van der Waals surface area contributed by atoms with Gasteiger partial charge in [0.05, 0.1) is 5.69 Å². The quantitative estimate of drug-likeness (QED) is 0.873. The second-order valence-corrected chi connectivity index (χ2v) is 7.09. The molecule has 1 unspecified atom stereocenters. The second kappa shape index (κ2) is 7.46. The molecule has 1 N–H and O–H groups in total. The van der Waals surface area contributed by atoms with Crippen molar-refractivity contribution in [1.29, 1.82) is 0 Å². The van der Waals surface area contributed by atoms with E-state index < -0.39 is 0 Å². The van der Waals surface area contributed by atoms with E-state index in [0.29, 0.717) is 0 Å². The Hall–Kier alpha value is -0.540. The molecule has 2 rings (SSSR count). The van der Waals surface area contributed by atoms with Crippen molar-refractivity contribution in [3.8, 4) is 0 Å². The first-order valence-corrected chi connectivity index (χ1v) is 8.59. The van der Waals surface area contributed by atoms with E-state index in [-0.39, 0.29) is 0 Å². The van der Waals surface area contributed by atoms with Crippen LogP contribution in [0.5, 0.6) is 0 Å². The summed E-state index contributed by atoms with van der Waals surface area (Å²) in [4.78, 5) is 2.55. The first kappa shape index (κ1) is 15.8. The van der Waals surface area contributed by atoms with Crippen molar-refractivity contribution in [1.82, 2.24) is 5.32 Å². The Bertz CT molecular complexity index is 431. The Morgan fingerprint density at radius 3 is 2.75 bits per heavy atom. The van der Waals surface area contributed by atoms with Crippen LogP contribution in [-0.4, -0.2) is 20.1 Å². The summed E-state index contributed by atoms with van der Waals surface area (Å²) in [5.74, 6) is 1.71. The smallest absolute Gasteiger partial charge is 0.0510 e. The molecule has 1 heterocycles. The fourth-order valence-electron chi connectivity index (χ4n) is 3.15. The normalized spacial score (nSPS) is 20.2. The van der Waals surface area contributed by atoms with Crippen LogP contribution in [0.3, 0.4) is 0 Å². The molecule has 1 fully saturated rings. The van der Waals surface area contributed by atoms with E-state index in [1.165, 1.54) is 48.1 Å². The summed E-state index contributed by atoms with van der Waals surface area (Å²) in [6, 6.07) is 6.75. The van der Waals surface area contributed by atoms with Crippen molar-refractivity contribution in [2.45, 2.75) is 39.7 Å². The van der Waals surface area contributed by atoms with Crippen LogP contribution in [-0.2, 0) is 6.54 Å². The molecule has 20 heavy (non-hydrogen) atoms. The maximum Gasteiger partial charge on any atom is 0.0510 e. The number of nitrogens with zero attached hydrogens (tertiary/aromatic N) is 1. The van der Waals surface area contributed by atoms with Gasteiger partial charge < -0.3 is 10.2 Å². The molecule has 0 radical (unpaired) electrons. The molecule has 1 aliphatic rings. The molecule has 1 aliphatic heterocycles. The minimum absolute atomic E-state index is 0.816. The Kier molecular flexibility index (Phi) is 5.91. The maximum absolute atomic E-state index is 3.75. The molecule has 1 saturated heterocycles. The van der Waals surface area contributed by atoms with Gasteiger partial charge in [0.2, 0.25) is 0 Å². The third-order valence-corrected chi connectivity index (χ3v) is 5.08. The molecule has 1 atom stereocenters. The van der Waals surface area contributed by atoms with Crippen LogP contribution >= 0.6 is 15.9 Å². The van der Waals surface area contributed by atoms with Gasteiger partial charge in [-0.2, -0.15) is 0 Å². The summed E-state index contributed by atoms with van der Waals surface area (Å²) in [6.45, 7) is 8.03. The van der Waals surface area contributed by atoms with Gasteiger partial charge in [0, 0.05) is 24.1 Å². The van der Waals surface area contributed by atoms with E-state index in [9.17, 15) is 0 Å². The molecule has 0 aliphatic carbocycles. The van der Waals surface area contributed by atoms with E-state index in [1.54, 1.807) is 0 Å². The maximum atomic E-state index is 3.75. The van der Waals surface area contributed by atoms with Crippen LogP contribution in [0, 0.1) is 11.8 Å². The van der Waals surface area contributed by atoms with Crippen molar-refractivity contribution in [3.63, 3.8) is 0 Å². The van der Waals surface area contributed by atoms with Gasteiger partial charge in [-0.1, -0.05) is 19.9 Å². The Balaban J connectivity index is 2.07. The fraction of sp³-hybridized carbons (Fsp3) is 0.647. The highest BCUT2D eigenvalue weighted by molar-refractivity contribution is 9.10. The van der Waals surface area contributed by atoms with E-state index in [4.69, 9.17) is 0 Å². The number of hydrogen-bond acceptors (Lipinski definition) is 2. The van der Waals surface area contributed by atoms with Crippen molar-refractivity contribution in [3.05, 3.63) is 28.2 Å². The predicted octanol–water partition coefficient (Wildman–Crippen LogP) is 4.43. The largest absolute Gasteiger partial charge is 0.371 e. The van der Waals surface area contributed by atoms with Gasteiger partial charge in [0.15, 0.2) is 0 Å². The molecule has 1 aromatic carbocycles. The number of benzene rings is 1. The number of rotatable bonds is 4. The lowest BCUT2D eigenvalue weighted by atomic mass is 9.89. The van der Waals surface area contributed by atoms with Crippen LogP contribution in [0.2, 0.25) is 0 Å². The topological polar surface area (TPSA) is 15.3 Å². The first-order chi connectivity index (χ1) is 9.61. The SMILES string of the molecule is CNCc1ccc(N2CCCC(C(C)C)CC2)c(Br)c1. The standard InChI is InChI=1S/C17H27BrN2/c1-13(2)15-5-4-9-20(10-8-15)17-7-6-14(12-19-3)11-16(17)18/h6-7,11,13,15,19H,4-5,8-10,12H2,1-3H3. The summed E-state index contributed by atoms with van der Waals surface area (Å²) in [5, 5.41) is 3.20. The number of nitrogens with one attached hydrogen (secondary N) is 1. The van der Waals surface area contributed by atoms with Crippen LogP contribution < -0.4 is 10.2 Å². The van der Waals surface area contributed by atoms with Gasteiger partial charge in [0.25, 0.3) is 0 Å². The van der Waals surface area contributed by atoms with Crippen LogP contribution in [0.4, 0.5) is 5.69 Å². The highest BCUT2D eigenvalue weighted by atomic mass is 79.9. The summed E-state index contributed by atoms with van der Waals surface area (Å²) in [6.07, 6.45) is 4.01. The zero-order chi connectivity index (χ0) is 14.5. The summed E-state index contributed by atoms with van der Waals surface area (Å²) < 4.78 is 1.23. The summed E-state index contributed by atoms with van der Waals surface area (Å²) in [7, 11) is 1.99. The third-order valence-electron chi connectivity index (χ3n) is 4.45. The summed E-state index contributed by atoms with van der Waals surface area (Å²) in [5.41, 5.74) is 2.69. The van der Waals surface area contributed by atoms with Gasteiger partial charge in [-0.3, -0.25) is 0 Å². The number of anilines is 1. The van der Waals surface area contributed by atoms with Gasteiger partial charge in [-0.05, 0) is 71.8 Å². The molecule has 2 nitrogen and oxygen atoms in total. The fourth-order valence-corrected chi connectivity index (χ4v) is 3.83. The molecule has 0 aromatic heterocycles. The van der Waals surface area contributed by atoms with Gasteiger partial charge >= 0.3 is 0 Å². The zero-order valence-electron chi connectivity index (χ0n) is 13.0. The molecule has 1 aromatic rings. The third kappa shape index (κ3) is 3.98. The molecule has 0 saturated carbocycles. The van der Waals surface area contributed by atoms with E-state index >= 15 is 0 Å². The van der Waals surface area contributed by atoms with Gasteiger partial charge in [0.1, 0.15) is 0 Å². The molecule has 0 amide bonds. The zero-order valence-corrected chi connectivity index (χ0v) is 14.5. The van der Waals surface area contributed by atoms with Crippen molar-refractivity contribution in [2.75, 3.05) is 25.0 Å². The Morgan fingerprint density at radius 2 is 2.10 bits per heavy atom. The highest BCUT2D eigenvalue weighted by Crippen LogP contribution is 2.32. The Morgan fingerprint density at radius 1 is 1.30 bits per heavy atom. The minimum Gasteiger partial charge on any atom is -0.371 e. The molecule has 0 spiro atoms. The Labute approximate surface area is 132 Å². The number of hydrogen-bond donors (Lipinski definition) is 1. The average molecular weight is 339 g/mol. The second-order valence-electron chi connectivity index (χ2n) is 6.24. The number of halogens is 1. The molecule has 112 valence electrons. The van der Waals surface area contributed by atoms with Crippen molar-refractivity contribution in [2.24, 2.45) is 11.8 Å². The van der Waals surface area contributed by atoms with Crippen molar-refractivity contribution < 1.29 is 0 Å². The van der Waals surface area contributed by atoms with Gasteiger partial charge in [-0.15, -0.1) is 0 Å². The molecule has 0 bridgehead atoms. The molecular weight excluding hydrogens is 312 g/mol. The molecular formula is C17H27BrN2. The lowest BCUT2D eigenvalue weighted by Crippen LogP contribution is -2.25. The van der Waals surface area contributed by atoms with Crippen LogP contribution in [0.15, 0.2) is 22.7 Å². The highest BCUT2D eigenvalue weighted by Gasteiger charge is 2.20. The average Bonchev–Trinajstić information content (AvgIpc) is 2.65. The monoisotopic (exact) mass is 338 g/mol. The first-order valence-electron chi connectivity index (χ1n) is 7.79. The van der Waals surface area contributed by atoms with Crippen molar-refractivity contribution >= 4 is 21.6 Å². The summed E-state index contributed by atoms with van der Waals surface area (Å²) >= 11 is 3.75. The van der Waals surface area contributed by atoms with E-state index in [1.807, 2.05) is 7.05 Å². The predicted molar refractivity (Wildman–Crippen MR) is 91.3 cm³/mol. The van der Waals surface area contributed by atoms with E-state index in [2.05, 4.69) is 58.2 Å². The van der Waals surface area contributed by atoms with Crippen LogP contribution in [0.1, 0.15) is 38.7 Å². The lowest BCUT2D eigenvalue weighted by Gasteiger charge is -2.25. The molecule has 3 heteroatoms.